The predicted molar refractivity (Wildman–Crippen MR) is 48.0 cm³/mol. The zero-order valence-corrected chi connectivity index (χ0v) is 8.42. The lowest BCUT2D eigenvalue weighted by molar-refractivity contribution is -0.390. The van der Waals surface area contributed by atoms with Crippen LogP contribution in [-0.4, -0.2) is 4.92 Å². The molecule has 3 nitrogen and oxygen atoms in total. The molecule has 0 fully saturated rings. The second kappa shape index (κ2) is 3.84. The van der Waals surface area contributed by atoms with Crippen LogP contribution in [0.1, 0.15) is 0 Å². The van der Waals surface area contributed by atoms with E-state index in [1.54, 1.807) is 0 Å². The zero-order chi connectivity index (χ0) is 11.0. The molecule has 0 aliphatic heterocycles. The average Bonchev–Trinajstić information content (AvgIpc) is 2.11. The van der Waals surface area contributed by atoms with Crippen LogP contribution in [0.5, 0.6) is 0 Å². The van der Waals surface area contributed by atoms with Gasteiger partial charge in [0.2, 0.25) is 11.6 Å². The Hall–Kier alpha value is -0.650. The summed E-state index contributed by atoms with van der Waals surface area (Å²) in [6, 6.07) is 0. The van der Waals surface area contributed by atoms with E-state index in [1.165, 1.54) is 0 Å². The van der Waals surface area contributed by atoms with Gasteiger partial charge >= 0.3 is 5.69 Å². The van der Waals surface area contributed by atoms with Gasteiger partial charge in [0, 0.05) is 0 Å². The van der Waals surface area contributed by atoms with Gasteiger partial charge in [0.25, 0.3) is 0 Å². The zero-order valence-electron chi connectivity index (χ0n) is 6.15. The molecule has 8 heteroatoms. The molecule has 0 saturated heterocycles. The van der Waals surface area contributed by atoms with Crippen molar-refractivity contribution in [2.45, 2.75) is 0 Å². The van der Waals surface area contributed by atoms with Crippen LogP contribution in [0.3, 0.4) is 0 Å². The lowest BCUT2D eigenvalue weighted by Gasteiger charge is -2.03. The lowest BCUT2D eigenvalue weighted by Crippen LogP contribution is -1.99. The smallest absolute Gasteiger partial charge is 0.258 e. The van der Waals surface area contributed by atoms with Crippen molar-refractivity contribution in [1.82, 2.24) is 0 Å². The van der Waals surface area contributed by atoms with Crippen molar-refractivity contribution in [3.05, 3.63) is 36.8 Å². The fourth-order valence-corrected chi connectivity index (χ4v) is 1.34. The molecular weight excluding hydrogens is 262 g/mol. The first-order valence-electron chi connectivity index (χ1n) is 3.03. The second-order valence-corrected chi connectivity index (χ2v) is 3.31. The van der Waals surface area contributed by atoms with E-state index in [1.807, 2.05) is 0 Å². The molecule has 0 N–H and O–H groups in total. The van der Waals surface area contributed by atoms with Crippen LogP contribution < -0.4 is 0 Å². The molecule has 0 saturated carbocycles. The topological polar surface area (TPSA) is 43.1 Å². The SMILES string of the molecule is O=[N+]([O-])c1c(F)c(Cl)c(Cl)c(Cl)c1F. The largest absolute Gasteiger partial charge is 0.343 e. The molecule has 0 aliphatic carbocycles. The van der Waals surface area contributed by atoms with Gasteiger partial charge in [0.05, 0.1) is 9.95 Å². The van der Waals surface area contributed by atoms with E-state index in [9.17, 15) is 18.9 Å². The Morgan fingerprint density at radius 3 is 1.64 bits per heavy atom. The van der Waals surface area contributed by atoms with Crippen molar-refractivity contribution in [2.75, 3.05) is 0 Å². The standard InChI is InChI=1S/C6Cl3F2NO2/c7-1-2(8)4(10)6(12(13)14)5(11)3(1)9. The maximum absolute atomic E-state index is 13.0. The molecule has 0 radical (unpaired) electrons. The van der Waals surface area contributed by atoms with E-state index in [0.717, 1.165) is 0 Å². The second-order valence-electron chi connectivity index (χ2n) is 2.18. The summed E-state index contributed by atoms with van der Waals surface area (Å²) in [5.74, 6) is -3.08. The summed E-state index contributed by atoms with van der Waals surface area (Å²) in [5, 5.41) is 8.09. The highest BCUT2D eigenvalue weighted by Crippen LogP contribution is 2.40. The van der Waals surface area contributed by atoms with E-state index < -0.39 is 37.3 Å². The summed E-state index contributed by atoms with van der Waals surface area (Å²) in [7, 11) is 0. The van der Waals surface area contributed by atoms with Crippen molar-refractivity contribution in [2.24, 2.45) is 0 Å². The van der Waals surface area contributed by atoms with Crippen LogP contribution in [0.15, 0.2) is 0 Å². The Labute approximate surface area is 91.3 Å². The quantitative estimate of drug-likeness (QED) is 0.334. The molecule has 1 aromatic rings. The molecule has 0 aromatic heterocycles. The molecule has 0 unspecified atom stereocenters. The molecule has 14 heavy (non-hydrogen) atoms. The highest BCUT2D eigenvalue weighted by molar-refractivity contribution is 6.48. The highest BCUT2D eigenvalue weighted by atomic mass is 35.5. The van der Waals surface area contributed by atoms with Crippen LogP contribution in [0.25, 0.3) is 0 Å². The van der Waals surface area contributed by atoms with Crippen molar-refractivity contribution >= 4 is 40.5 Å². The minimum absolute atomic E-state index is 0.589. The first-order valence-corrected chi connectivity index (χ1v) is 4.17. The summed E-state index contributed by atoms with van der Waals surface area (Å²) in [6.45, 7) is 0. The average molecular weight is 262 g/mol. The number of hydrogen-bond acceptors (Lipinski definition) is 2. The maximum atomic E-state index is 13.0. The van der Waals surface area contributed by atoms with Gasteiger partial charge in [-0.15, -0.1) is 0 Å². The number of nitro benzene ring substituents is 1. The Balaban J connectivity index is 3.68. The molecular formula is C6Cl3F2NO2. The maximum Gasteiger partial charge on any atom is 0.343 e. The van der Waals surface area contributed by atoms with E-state index >= 15 is 0 Å². The van der Waals surface area contributed by atoms with Crippen molar-refractivity contribution in [3.63, 3.8) is 0 Å². The van der Waals surface area contributed by atoms with Gasteiger partial charge in [-0.25, -0.2) is 0 Å². The van der Waals surface area contributed by atoms with Crippen LogP contribution in [0.4, 0.5) is 14.5 Å². The van der Waals surface area contributed by atoms with Crippen molar-refractivity contribution < 1.29 is 13.7 Å². The van der Waals surface area contributed by atoms with Crippen molar-refractivity contribution in [1.29, 1.82) is 0 Å². The molecule has 0 heterocycles. The van der Waals surface area contributed by atoms with Crippen LogP contribution in [0.2, 0.25) is 15.1 Å². The van der Waals surface area contributed by atoms with Crippen molar-refractivity contribution in [3.8, 4) is 0 Å². The first kappa shape index (κ1) is 11.4. The number of nitrogens with zero attached hydrogens (tertiary/aromatic N) is 1. The molecule has 0 atom stereocenters. The third-order valence-corrected chi connectivity index (χ3v) is 2.65. The fourth-order valence-electron chi connectivity index (χ4n) is 0.754. The Bertz CT molecular complexity index is 395. The fraction of sp³-hybridized carbons (Fsp3) is 0. The van der Waals surface area contributed by atoms with Crippen LogP contribution >= 0.6 is 34.8 Å². The minimum atomic E-state index is -1.54. The summed E-state index contributed by atoms with van der Waals surface area (Å²) in [5.41, 5.74) is -1.41. The van der Waals surface area contributed by atoms with E-state index in [-0.39, 0.29) is 0 Å². The Morgan fingerprint density at radius 2 is 1.36 bits per heavy atom. The van der Waals surface area contributed by atoms with Gasteiger partial charge < -0.3 is 0 Å². The van der Waals surface area contributed by atoms with Crippen LogP contribution in [0, 0.1) is 21.7 Å². The highest BCUT2D eigenvalue weighted by Gasteiger charge is 2.29. The lowest BCUT2D eigenvalue weighted by atomic mass is 10.3. The minimum Gasteiger partial charge on any atom is -0.258 e. The third-order valence-electron chi connectivity index (χ3n) is 1.37. The van der Waals surface area contributed by atoms with E-state index in [2.05, 4.69) is 0 Å². The van der Waals surface area contributed by atoms with Gasteiger partial charge in [-0.2, -0.15) is 8.78 Å². The van der Waals surface area contributed by atoms with Gasteiger partial charge in [0.15, 0.2) is 0 Å². The predicted octanol–water partition coefficient (Wildman–Crippen LogP) is 3.83. The normalized spacial score (nSPS) is 10.4. The summed E-state index contributed by atoms with van der Waals surface area (Å²) in [4.78, 5) is 8.96. The molecule has 0 amide bonds. The van der Waals surface area contributed by atoms with Crippen LogP contribution in [-0.2, 0) is 0 Å². The molecule has 0 aliphatic rings. The van der Waals surface area contributed by atoms with Gasteiger partial charge in [-0.3, -0.25) is 10.1 Å². The number of nitro groups is 1. The Kier molecular flexibility index (Phi) is 3.14. The van der Waals surface area contributed by atoms with Gasteiger partial charge in [0.1, 0.15) is 10.0 Å². The molecule has 76 valence electrons. The Morgan fingerprint density at radius 1 is 1.00 bits per heavy atom. The van der Waals surface area contributed by atoms with Gasteiger partial charge in [-0.1, -0.05) is 34.8 Å². The summed E-state index contributed by atoms with van der Waals surface area (Å²) in [6.07, 6.45) is 0. The molecule has 1 aromatic carbocycles. The summed E-state index contributed by atoms with van der Waals surface area (Å²) < 4.78 is 26.0. The van der Waals surface area contributed by atoms with E-state index in [4.69, 9.17) is 34.8 Å². The number of benzene rings is 1. The molecule has 1 rings (SSSR count). The third kappa shape index (κ3) is 1.63. The summed E-state index contributed by atoms with van der Waals surface area (Å²) >= 11 is 15.8. The monoisotopic (exact) mass is 261 g/mol. The molecule has 0 bridgehead atoms. The number of halogens is 5. The first-order chi connectivity index (χ1) is 6.37. The molecule has 0 spiro atoms. The number of rotatable bonds is 1. The van der Waals surface area contributed by atoms with Gasteiger partial charge in [-0.05, 0) is 0 Å². The van der Waals surface area contributed by atoms with E-state index in [0.29, 0.717) is 0 Å². The number of hydrogen-bond donors (Lipinski definition) is 0.